The van der Waals surface area contributed by atoms with Crippen LogP contribution in [-0.2, 0) is 0 Å². The highest BCUT2D eigenvalue weighted by Crippen LogP contribution is 2.26. The van der Waals surface area contributed by atoms with Crippen molar-refractivity contribution in [1.29, 1.82) is 0 Å². The smallest absolute Gasteiger partial charge is 0.0130 e. The van der Waals surface area contributed by atoms with E-state index >= 15 is 0 Å². The summed E-state index contributed by atoms with van der Waals surface area (Å²) in [6.45, 7) is 10.8. The molecule has 0 heterocycles. The van der Waals surface area contributed by atoms with Crippen molar-refractivity contribution in [3.63, 3.8) is 0 Å². The minimum Gasteiger partial charge on any atom is -0.0952 e. The van der Waals surface area contributed by atoms with Crippen molar-refractivity contribution < 1.29 is 0 Å². The van der Waals surface area contributed by atoms with E-state index in [-0.39, 0.29) is 0 Å². The highest BCUT2D eigenvalue weighted by Gasteiger charge is 2.06. The molecule has 1 aliphatic rings. The lowest BCUT2D eigenvalue weighted by Gasteiger charge is -2.09. The maximum Gasteiger partial charge on any atom is -0.0130 e. The molecule has 15 heavy (non-hydrogen) atoms. The Labute approximate surface area is 94.1 Å². The van der Waals surface area contributed by atoms with E-state index in [0.717, 1.165) is 19.3 Å². The first-order valence-corrected chi connectivity index (χ1v) is 5.94. The minimum absolute atomic E-state index is 1.10. The molecule has 0 aromatic carbocycles. The third-order valence-electron chi connectivity index (χ3n) is 2.97. The molecule has 1 aliphatic carbocycles. The minimum atomic E-state index is 1.10. The molecule has 1 rings (SSSR count). The zero-order valence-electron chi connectivity index (χ0n) is 10.3. The van der Waals surface area contributed by atoms with Crippen molar-refractivity contribution in [3.05, 3.63) is 47.1 Å². The lowest BCUT2D eigenvalue weighted by Crippen LogP contribution is -1.89. The molecule has 0 saturated heterocycles. The van der Waals surface area contributed by atoms with Gasteiger partial charge in [0, 0.05) is 0 Å². The van der Waals surface area contributed by atoms with Gasteiger partial charge in [0.1, 0.15) is 0 Å². The van der Waals surface area contributed by atoms with Gasteiger partial charge in [0.15, 0.2) is 0 Å². The fourth-order valence-electron chi connectivity index (χ4n) is 1.89. The highest BCUT2D eigenvalue weighted by molar-refractivity contribution is 5.48. The van der Waals surface area contributed by atoms with Crippen LogP contribution >= 0.6 is 0 Å². The fraction of sp³-hybridized carbons (Fsp3) is 0.467. The van der Waals surface area contributed by atoms with E-state index in [2.05, 4.69) is 45.6 Å². The predicted molar refractivity (Wildman–Crippen MR) is 68.9 cm³/mol. The van der Waals surface area contributed by atoms with Crippen molar-refractivity contribution in [2.24, 2.45) is 0 Å². The summed E-state index contributed by atoms with van der Waals surface area (Å²) < 4.78 is 0. The SMILES string of the molecule is C=C(CCC)C1=CC=C(CC)CC=C1C. The van der Waals surface area contributed by atoms with E-state index in [9.17, 15) is 0 Å². The molecule has 0 spiro atoms. The van der Waals surface area contributed by atoms with Crippen LogP contribution < -0.4 is 0 Å². The van der Waals surface area contributed by atoms with Gasteiger partial charge in [-0.25, -0.2) is 0 Å². The number of hydrogen-bond donors (Lipinski definition) is 0. The largest absolute Gasteiger partial charge is 0.0952 e. The van der Waals surface area contributed by atoms with Gasteiger partial charge >= 0.3 is 0 Å². The molecule has 0 unspecified atom stereocenters. The molecule has 0 saturated carbocycles. The molecule has 0 atom stereocenters. The second-order valence-corrected chi connectivity index (χ2v) is 4.20. The van der Waals surface area contributed by atoms with Gasteiger partial charge < -0.3 is 0 Å². The zero-order valence-corrected chi connectivity index (χ0v) is 10.3. The Morgan fingerprint density at radius 1 is 1.33 bits per heavy atom. The van der Waals surface area contributed by atoms with Gasteiger partial charge in [-0.2, -0.15) is 0 Å². The molecular formula is C15H22. The summed E-state index contributed by atoms with van der Waals surface area (Å²) in [6.07, 6.45) is 11.4. The standard InChI is InChI=1S/C15H22/c1-5-7-12(3)15-11-10-14(6-2)9-8-13(15)4/h8,10-11H,3,5-7,9H2,1-2,4H3. The summed E-state index contributed by atoms with van der Waals surface area (Å²) in [5.41, 5.74) is 5.52. The Balaban J connectivity index is 2.90. The lowest BCUT2D eigenvalue weighted by molar-refractivity contribution is 0.917. The third-order valence-corrected chi connectivity index (χ3v) is 2.97. The summed E-state index contributed by atoms with van der Waals surface area (Å²) in [5, 5.41) is 0. The van der Waals surface area contributed by atoms with E-state index in [1.54, 1.807) is 0 Å². The Hall–Kier alpha value is -1.04. The normalized spacial score (nSPS) is 16.3. The van der Waals surface area contributed by atoms with E-state index in [4.69, 9.17) is 0 Å². The van der Waals surface area contributed by atoms with Crippen LogP contribution in [0, 0.1) is 0 Å². The Kier molecular flexibility index (Phi) is 4.61. The molecule has 0 aliphatic heterocycles. The van der Waals surface area contributed by atoms with Crippen LogP contribution in [0.3, 0.4) is 0 Å². The van der Waals surface area contributed by atoms with E-state index in [1.165, 1.54) is 28.7 Å². The van der Waals surface area contributed by atoms with Crippen LogP contribution in [0.1, 0.15) is 46.5 Å². The van der Waals surface area contributed by atoms with Crippen LogP contribution in [0.15, 0.2) is 47.1 Å². The molecule has 0 aromatic heterocycles. The maximum atomic E-state index is 4.17. The summed E-state index contributed by atoms with van der Waals surface area (Å²) in [5.74, 6) is 0. The molecule has 0 radical (unpaired) electrons. The van der Waals surface area contributed by atoms with E-state index < -0.39 is 0 Å². The van der Waals surface area contributed by atoms with Gasteiger partial charge in [0.2, 0.25) is 0 Å². The van der Waals surface area contributed by atoms with Gasteiger partial charge in [-0.15, -0.1) is 0 Å². The van der Waals surface area contributed by atoms with Crippen molar-refractivity contribution in [2.75, 3.05) is 0 Å². The van der Waals surface area contributed by atoms with Gasteiger partial charge in [-0.1, -0.05) is 50.6 Å². The summed E-state index contributed by atoms with van der Waals surface area (Å²) >= 11 is 0. The van der Waals surface area contributed by atoms with Gasteiger partial charge in [-0.05, 0) is 42.9 Å². The molecular weight excluding hydrogens is 180 g/mol. The quantitative estimate of drug-likeness (QED) is 0.604. The van der Waals surface area contributed by atoms with Crippen LogP contribution in [0.25, 0.3) is 0 Å². The fourth-order valence-corrected chi connectivity index (χ4v) is 1.89. The first-order valence-electron chi connectivity index (χ1n) is 5.94. The topological polar surface area (TPSA) is 0 Å². The van der Waals surface area contributed by atoms with Gasteiger partial charge in [-0.3, -0.25) is 0 Å². The van der Waals surface area contributed by atoms with Crippen LogP contribution in [-0.4, -0.2) is 0 Å². The molecule has 0 bridgehead atoms. The highest BCUT2D eigenvalue weighted by atomic mass is 14.1. The second kappa shape index (κ2) is 5.75. The van der Waals surface area contributed by atoms with Crippen LogP contribution in [0.4, 0.5) is 0 Å². The van der Waals surface area contributed by atoms with Crippen molar-refractivity contribution in [3.8, 4) is 0 Å². The van der Waals surface area contributed by atoms with Crippen LogP contribution in [0.5, 0.6) is 0 Å². The number of allylic oxidation sites excluding steroid dienone is 7. The summed E-state index contributed by atoms with van der Waals surface area (Å²) in [6, 6.07) is 0. The molecule has 0 fully saturated rings. The summed E-state index contributed by atoms with van der Waals surface area (Å²) in [4.78, 5) is 0. The predicted octanol–water partition coefficient (Wildman–Crippen LogP) is 4.96. The van der Waals surface area contributed by atoms with Gasteiger partial charge in [0.25, 0.3) is 0 Å². The number of hydrogen-bond acceptors (Lipinski definition) is 0. The van der Waals surface area contributed by atoms with E-state index in [0.29, 0.717) is 0 Å². The third kappa shape index (κ3) is 3.23. The monoisotopic (exact) mass is 202 g/mol. The summed E-state index contributed by atoms with van der Waals surface area (Å²) in [7, 11) is 0. The average Bonchev–Trinajstić information content (AvgIpc) is 2.40. The van der Waals surface area contributed by atoms with Crippen molar-refractivity contribution in [2.45, 2.75) is 46.5 Å². The maximum absolute atomic E-state index is 4.17. The Morgan fingerprint density at radius 2 is 2.07 bits per heavy atom. The Morgan fingerprint density at radius 3 is 2.67 bits per heavy atom. The zero-order chi connectivity index (χ0) is 11.3. The lowest BCUT2D eigenvalue weighted by atomic mass is 9.97. The number of rotatable bonds is 4. The van der Waals surface area contributed by atoms with Gasteiger partial charge in [0.05, 0.1) is 0 Å². The molecule has 0 amide bonds. The molecule has 0 nitrogen and oxygen atoms in total. The molecule has 82 valence electrons. The van der Waals surface area contributed by atoms with Crippen LogP contribution in [0.2, 0.25) is 0 Å². The molecule has 0 N–H and O–H groups in total. The first kappa shape index (κ1) is 12.0. The molecule has 0 heteroatoms. The van der Waals surface area contributed by atoms with Crippen molar-refractivity contribution >= 4 is 0 Å². The first-order chi connectivity index (χ1) is 7.19. The van der Waals surface area contributed by atoms with E-state index in [1.807, 2.05) is 0 Å². The Bertz CT molecular complexity index is 324. The van der Waals surface area contributed by atoms with Crippen molar-refractivity contribution in [1.82, 2.24) is 0 Å². The average molecular weight is 202 g/mol. The second-order valence-electron chi connectivity index (χ2n) is 4.20. The molecule has 0 aromatic rings.